The molecule has 0 aliphatic heterocycles. The number of aryl methyl sites for hydroxylation is 1. The molecule has 15 heavy (non-hydrogen) atoms. The van der Waals surface area contributed by atoms with Crippen molar-refractivity contribution in [1.29, 1.82) is 0 Å². The predicted octanol–water partition coefficient (Wildman–Crippen LogP) is 2.12. The number of aromatic amines is 1. The summed E-state index contributed by atoms with van der Waals surface area (Å²) in [6.07, 6.45) is 1.95. The van der Waals surface area contributed by atoms with Crippen LogP contribution in [0.5, 0.6) is 0 Å². The van der Waals surface area contributed by atoms with E-state index in [-0.39, 0.29) is 5.56 Å². The van der Waals surface area contributed by atoms with Gasteiger partial charge in [0, 0.05) is 11.8 Å². The molecule has 0 spiro atoms. The Morgan fingerprint density at radius 3 is 2.67 bits per heavy atom. The van der Waals surface area contributed by atoms with Crippen molar-refractivity contribution in [3.05, 3.63) is 52.4 Å². The van der Waals surface area contributed by atoms with Crippen LogP contribution in [-0.2, 0) is 6.42 Å². The zero-order chi connectivity index (χ0) is 10.7. The molecule has 0 unspecified atom stereocenters. The maximum Gasteiger partial charge on any atom is 0.271 e. The van der Waals surface area contributed by atoms with Gasteiger partial charge in [-0.15, -0.1) is 0 Å². The van der Waals surface area contributed by atoms with Crippen LogP contribution in [0.15, 0.2) is 41.2 Å². The number of rotatable bonds is 3. The topological polar surface area (TPSA) is 37.8 Å². The Kier molecular flexibility index (Phi) is 2.72. The third-order valence-corrected chi connectivity index (χ3v) is 2.31. The van der Waals surface area contributed by atoms with E-state index in [9.17, 15) is 4.79 Å². The molecular weight excluding hydrogens is 188 g/mol. The van der Waals surface area contributed by atoms with Gasteiger partial charge in [-0.25, -0.2) is 4.68 Å². The molecule has 78 valence electrons. The highest BCUT2D eigenvalue weighted by molar-refractivity contribution is 5.30. The van der Waals surface area contributed by atoms with Gasteiger partial charge in [-0.2, -0.15) is 0 Å². The van der Waals surface area contributed by atoms with Crippen molar-refractivity contribution in [1.82, 2.24) is 9.78 Å². The summed E-state index contributed by atoms with van der Waals surface area (Å²) >= 11 is 0. The molecule has 3 nitrogen and oxygen atoms in total. The Bertz CT molecular complexity index is 482. The fourth-order valence-corrected chi connectivity index (χ4v) is 1.61. The van der Waals surface area contributed by atoms with Crippen LogP contribution in [-0.4, -0.2) is 9.78 Å². The van der Waals surface area contributed by atoms with Crippen LogP contribution in [0.1, 0.15) is 19.0 Å². The van der Waals surface area contributed by atoms with Crippen LogP contribution in [0.3, 0.4) is 0 Å². The molecule has 0 saturated heterocycles. The minimum atomic E-state index is 0.00431. The highest BCUT2D eigenvalue weighted by Crippen LogP contribution is 2.04. The van der Waals surface area contributed by atoms with E-state index < -0.39 is 0 Å². The lowest BCUT2D eigenvalue weighted by molar-refractivity contribution is 0.793. The maximum atomic E-state index is 11.6. The van der Waals surface area contributed by atoms with Gasteiger partial charge in [0.25, 0.3) is 5.56 Å². The molecule has 0 atom stereocenters. The van der Waals surface area contributed by atoms with E-state index >= 15 is 0 Å². The second-order valence-electron chi connectivity index (χ2n) is 3.54. The highest BCUT2D eigenvalue weighted by Gasteiger charge is 2.03. The number of benzene rings is 1. The zero-order valence-corrected chi connectivity index (χ0v) is 8.73. The Morgan fingerprint density at radius 1 is 1.27 bits per heavy atom. The van der Waals surface area contributed by atoms with E-state index in [1.54, 1.807) is 10.7 Å². The van der Waals surface area contributed by atoms with Gasteiger partial charge in [0.05, 0.1) is 5.69 Å². The van der Waals surface area contributed by atoms with E-state index in [1.165, 1.54) is 0 Å². The second kappa shape index (κ2) is 4.17. The summed E-state index contributed by atoms with van der Waals surface area (Å²) in [5.41, 5.74) is 1.88. The molecular formula is C12H14N2O. The summed E-state index contributed by atoms with van der Waals surface area (Å²) < 4.78 is 1.57. The molecule has 0 radical (unpaired) electrons. The van der Waals surface area contributed by atoms with Gasteiger partial charge in [0.1, 0.15) is 0 Å². The predicted molar refractivity (Wildman–Crippen MR) is 60.4 cm³/mol. The monoisotopic (exact) mass is 202 g/mol. The summed E-state index contributed by atoms with van der Waals surface area (Å²) in [7, 11) is 0. The van der Waals surface area contributed by atoms with Crippen LogP contribution in [0.2, 0.25) is 0 Å². The molecule has 2 rings (SSSR count). The Morgan fingerprint density at radius 2 is 2.00 bits per heavy atom. The van der Waals surface area contributed by atoms with Crippen LogP contribution >= 0.6 is 0 Å². The molecule has 1 aromatic carbocycles. The Hall–Kier alpha value is -1.77. The molecule has 0 fully saturated rings. The molecule has 0 bridgehead atoms. The summed E-state index contributed by atoms with van der Waals surface area (Å²) in [5.74, 6) is 0. The largest absolute Gasteiger partial charge is 0.295 e. The minimum absolute atomic E-state index is 0.00431. The average molecular weight is 202 g/mol. The summed E-state index contributed by atoms with van der Waals surface area (Å²) in [6, 6.07) is 11.3. The lowest BCUT2D eigenvalue weighted by Gasteiger charge is -2.00. The SMILES string of the molecule is CCCc1cc(=O)n(-c2ccccc2)[nH]1. The van der Waals surface area contributed by atoms with Crippen LogP contribution in [0, 0.1) is 0 Å². The van der Waals surface area contributed by atoms with Crippen molar-refractivity contribution in [3.8, 4) is 5.69 Å². The fraction of sp³-hybridized carbons (Fsp3) is 0.250. The fourth-order valence-electron chi connectivity index (χ4n) is 1.61. The number of H-pyrrole nitrogens is 1. The quantitative estimate of drug-likeness (QED) is 0.813. The second-order valence-corrected chi connectivity index (χ2v) is 3.54. The zero-order valence-electron chi connectivity index (χ0n) is 8.73. The molecule has 0 aliphatic carbocycles. The summed E-state index contributed by atoms with van der Waals surface area (Å²) in [5, 5.41) is 3.10. The third kappa shape index (κ3) is 2.01. The number of hydrogen-bond acceptors (Lipinski definition) is 1. The number of nitrogens with one attached hydrogen (secondary N) is 1. The van der Waals surface area contributed by atoms with Crippen LogP contribution in [0.25, 0.3) is 5.69 Å². The van der Waals surface area contributed by atoms with E-state index in [0.717, 1.165) is 24.2 Å². The normalized spacial score (nSPS) is 10.5. The molecule has 2 aromatic rings. The molecule has 3 heteroatoms. The van der Waals surface area contributed by atoms with Crippen molar-refractivity contribution in [2.45, 2.75) is 19.8 Å². The standard InChI is InChI=1S/C12H14N2O/c1-2-6-10-9-12(15)14(13-10)11-7-4-3-5-8-11/h3-5,7-9,13H,2,6H2,1H3. The first-order valence-corrected chi connectivity index (χ1v) is 5.17. The average Bonchev–Trinajstić information content (AvgIpc) is 2.61. The molecule has 1 aromatic heterocycles. The number of nitrogens with zero attached hydrogens (tertiary/aromatic N) is 1. The van der Waals surface area contributed by atoms with Gasteiger partial charge in [-0.3, -0.25) is 9.89 Å². The first-order chi connectivity index (χ1) is 7.31. The van der Waals surface area contributed by atoms with Crippen molar-refractivity contribution in [2.75, 3.05) is 0 Å². The van der Waals surface area contributed by atoms with Gasteiger partial charge >= 0.3 is 0 Å². The van der Waals surface area contributed by atoms with Gasteiger partial charge in [0.15, 0.2) is 0 Å². The van der Waals surface area contributed by atoms with Crippen molar-refractivity contribution in [2.24, 2.45) is 0 Å². The van der Waals surface area contributed by atoms with E-state index in [2.05, 4.69) is 12.0 Å². The number of para-hydroxylation sites is 1. The van der Waals surface area contributed by atoms with Gasteiger partial charge < -0.3 is 0 Å². The smallest absolute Gasteiger partial charge is 0.271 e. The Labute approximate surface area is 88.4 Å². The highest BCUT2D eigenvalue weighted by atomic mass is 16.1. The summed E-state index contributed by atoms with van der Waals surface area (Å²) in [6.45, 7) is 2.10. The first kappa shape index (κ1) is 9.77. The number of hydrogen-bond donors (Lipinski definition) is 1. The van der Waals surface area contributed by atoms with Gasteiger partial charge in [0.2, 0.25) is 0 Å². The lowest BCUT2D eigenvalue weighted by Crippen LogP contribution is -2.12. The van der Waals surface area contributed by atoms with Crippen molar-refractivity contribution in [3.63, 3.8) is 0 Å². The van der Waals surface area contributed by atoms with Gasteiger partial charge in [-0.05, 0) is 18.6 Å². The van der Waals surface area contributed by atoms with Crippen molar-refractivity contribution < 1.29 is 0 Å². The van der Waals surface area contributed by atoms with Gasteiger partial charge in [-0.1, -0.05) is 31.5 Å². The van der Waals surface area contributed by atoms with E-state index in [4.69, 9.17) is 0 Å². The molecule has 1 heterocycles. The molecule has 0 amide bonds. The lowest BCUT2D eigenvalue weighted by atomic mass is 10.3. The van der Waals surface area contributed by atoms with Crippen LogP contribution in [0.4, 0.5) is 0 Å². The number of aromatic nitrogens is 2. The van der Waals surface area contributed by atoms with Crippen LogP contribution < -0.4 is 5.56 Å². The maximum absolute atomic E-state index is 11.6. The Balaban J connectivity index is 2.41. The molecule has 1 N–H and O–H groups in total. The molecule has 0 aliphatic rings. The summed E-state index contributed by atoms with van der Waals surface area (Å²) in [4.78, 5) is 11.6. The van der Waals surface area contributed by atoms with E-state index in [0.29, 0.717) is 0 Å². The first-order valence-electron chi connectivity index (χ1n) is 5.17. The minimum Gasteiger partial charge on any atom is -0.295 e. The van der Waals surface area contributed by atoms with E-state index in [1.807, 2.05) is 30.3 Å². The van der Waals surface area contributed by atoms with Crippen molar-refractivity contribution >= 4 is 0 Å². The molecule has 0 saturated carbocycles. The third-order valence-electron chi connectivity index (χ3n) is 2.31.